The Morgan fingerprint density at radius 2 is 1.08 bits per heavy atom. The molecule has 0 aliphatic rings. The predicted octanol–water partition coefficient (Wildman–Crippen LogP) is 4.17. The van der Waals surface area contributed by atoms with Crippen LogP contribution in [0.2, 0.25) is 0 Å². The summed E-state index contributed by atoms with van der Waals surface area (Å²) in [7, 11) is 0. The van der Waals surface area contributed by atoms with E-state index in [1.54, 1.807) is 0 Å². The highest BCUT2D eigenvalue weighted by Crippen LogP contribution is 2.61. The molecule has 0 unspecified atom stereocenters. The topological polar surface area (TPSA) is 30.7 Å². The smallest absolute Gasteiger partial charge is 0.196 e. The van der Waals surface area contributed by atoms with Crippen molar-refractivity contribution < 1.29 is 57.1 Å². The van der Waals surface area contributed by atoms with Crippen molar-refractivity contribution in [3.63, 3.8) is 0 Å². The molecule has 25 heavy (non-hydrogen) atoms. The van der Waals surface area contributed by atoms with Gasteiger partial charge in [0.2, 0.25) is 0 Å². The van der Waals surface area contributed by atoms with Gasteiger partial charge in [0.25, 0.3) is 0 Å². The second-order valence-corrected chi connectivity index (χ2v) is 4.80. The second kappa shape index (κ2) is 5.54. The zero-order valence-electron chi connectivity index (χ0n) is 10.8. The maximum atomic E-state index is 13.4. The summed E-state index contributed by atoms with van der Waals surface area (Å²) in [5, 5.41) is 4.66. The molecular formula is C8H2F13N3S. The number of nitrogens with zero attached hydrogens (tertiary/aromatic N) is 3. The van der Waals surface area contributed by atoms with Crippen LogP contribution >= 0.6 is 12.8 Å². The van der Waals surface area contributed by atoms with Gasteiger partial charge in [-0.25, -0.2) is 0 Å². The maximum absolute atomic E-state index is 13.4. The van der Waals surface area contributed by atoms with Crippen LogP contribution < -0.4 is 0 Å². The molecule has 17 heteroatoms. The van der Waals surface area contributed by atoms with Gasteiger partial charge in [-0.05, 0) is 12.8 Å². The lowest BCUT2D eigenvalue weighted by molar-refractivity contribution is -0.442. The lowest BCUT2D eigenvalue weighted by Crippen LogP contribution is -2.69. The third kappa shape index (κ3) is 2.79. The molecule has 0 fully saturated rings. The van der Waals surface area contributed by atoms with Crippen molar-refractivity contribution >= 4 is 12.8 Å². The van der Waals surface area contributed by atoms with Crippen LogP contribution in [0.4, 0.5) is 57.1 Å². The fraction of sp³-hybridized carbons (Fsp3) is 0.750. The summed E-state index contributed by atoms with van der Waals surface area (Å²) in [5.74, 6) is -37.4. The lowest BCUT2D eigenvalue weighted by Gasteiger charge is -2.39. The highest BCUT2D eigenvalue weighted by atomic mass is 32.1. The summed E-state index contributed by atoms with van der Waals surface area (Å²) in [5.41, 5.74) is -2.43. The van der Waals surface area contributed by atoms with Gasteiger partial charge in [-0.1, -0.05) is 5.21 Å². The maximum Gasteiger partial charge on any atom is 0.460 e. The van der Waals surface area contributed by atoms with E-state index in [9.17, 15) is 57.1 Å². The first kappa shape index (κ1) is 21.6. The normalized spacial score (nSPS) is 15.6. The Labute approximate surface area is 133 Å². The predicted molar refractivity (Wildman–Crippen MR) is 54.1 cm³/mol. The van der Waals surface area contributed by atoms with E-state index in [4.69, 9.17) is 0 Å². The number of hydrogen-bond donors (Lipinski definition) is 1. The molecule has 0 N–H and O–H groups in total. The van der Waals surface area contributed by atoms with Gasteiger partial charge in [0, 0.05) is 0 Å². The summed E-state index contributed by atoms with van der Waals surface area (Å²) in [6.07, 6.45) is -7.73. The monoisotopic (exact) mass is 419 g/mol. The van der Waals surface area contributed by atoms with Crippen LogP contribution in [-0.4, -0.2) is 44.3 Å². The van der Waals surface area contributed by atoms with Gasteiger partial charge in [0.05, 0.1) is 6.20 Å². The summed E-state index contributed by atoms with van der Waals surface area (Å²) in [6.45, 7) is 0. The van der Waals surface area contributed by atoms with E-state index in [2.05, 4.69) is 23.1 Å². The van der Waals surface area contributed by atoms with Gasteiger partial charge < -0.3 is 0 Å². The van der Waals surface area contributed by atoms with E-state index >= 15 is 0 Å². The molecule has 1 aromatic heterocycles. The Morgan fingerprint density at radius 1 is 0.680 bits per heavy atom. The zero-order valence-corrected chi connectivity index (χ0v) is 11.7. The van der Waals surface area contributed by atoms with E-state index in [0.717, 1.165) is 0 Å². The Hall–Kier alpha value is -1.42. The van der Waals surface area contributed by atoms with Crippen LogP contribution in [0.15, 0.2) is 6.20 Å². The minimum absolute atomic E-state index is 0.0695. The number of rotatable bonds is 5. The van der Waals surface area contributed by atoms with Crippen LogP contribution in [-0.2, 0) is 5.92 Å². The molecule has 0 spiro atoms. The fourth-order valence-electron chi connectivity index (χ4n) is 1.33. The summed E-state index contributed by atoms with van der Waals surface area (Å²) in [6, 6.07) is 0. The first-order valence-corrected chi connectivity index (χ1v) is 5.73. The van der Waals surface area contributed by atoms with Crippen molar-refractivity contribution in [2.24, 2.45) is 0 Å². The van der Waals surface area contributed by atoms with E-state index < -0.39 is 41.5 Å². The third-order valence-electron chi connectivity index (χ3n) is 2.74. The summed E-state index contributed by atoms with van der Waals surface area (Å²) in [4.78, 5) is 0. The standard InChI is InChI=1S/C8H2F13N3S/c9-3(10,2-1-24(25)23-22-2)4(11,12)5(13,14)6(15,16)7(17,18)8(19,20)21/h1,25H. The van der Waals surface area contributed by atoms with Crippen molar-refractivity contribution in [1.82, 2.24) is 14.4 Å². The minimum atomic E-state index is -7.94. The van der Waals surface area contributed by atoms with E-state index in [1.807, 2.05) is 0 Å². The Bertz CT molecular complexity index is 633. The molecule has 0 saturated carbocycles. The largest absolute Gasteiger partial charge is 0.460 e. The van der Waals surface area contributed by atoms with Gasteiger partial charge in [-0.2, -0.15) is 61.2 Å². The molecule has 0 aromatic carbocycles. The molecule has 146 valence electrons. The highest BCUT2D eigenvalue weighted by molar-refractivity contribution is 7.78. The lowest BCUT2D eigenvalue weighted by atomic mass is 9.93. The van der Waals surface area contributed by atoms with Gasteiger partial charge in [-0.15, -0.1) is 5.10 Å². The molecule has 0 radical (unpaired) electrons. The molecule has 0 aliphatic heterocycles. The van der Waals surface area contributed by atoms with E-state index in [1.165, 1.54) is 0 Å². The van der Waals surface area contributed by atoms with Crippen molar-refractivity contribution in [3.8, 4) is 0 Å². The Balaban J connectivity index is 3.53. The third-order valence-corrected chi connectivity index (χ3v) is 2.93. The van der Waals surface area contributed by atoms with Crippen molar-refractivity contribution in [1.29, 1.82) is 0 Å². The summed E-state index contributed by atoms with van der Waals surface area (Å²) >= 11 is 3.11. The molecule has 1 rings (SSSR count). The van der Waals surface area contributed by atoms with Crippen LogP contribution in [0, 0.1) is 0 Å². The number of hydrogen-bond acceptors (Lipinski definition) is 3. The number of thiol groups is 1. The van der Waals surface area contributed by atoms with Crippen molar-refractivity contribution in [3.05, 3.63) is 11.9 Å². The molecule has 0 amide bonds. The molecule has 3 nitrogen and oxygen atoms in total. The molecule has 1 aromatic rings. The Kier molecular flexibility index (Phi) is 4.79. The van der Waals surface area contributed by atoms with Crippen molar-refractivity contribution in [2.45, 2.75) is 35.8 Å². The van der Waals surface area contributed by atoms with Crippen LogP contribution in [0.5, 0.6) is 0 Å². The van der Waals surface area contributed by atoms with Gasteiger partial charge in [-0.3, -0.25) is 0 Å². The minimum Gasteiger partial charge on any atom is -0.196 e. The number of halogens is 13. The van der Waals surface area contributed by atoms with Gasteiger partial charge >= 0.3 is 35.8 Å². The second-order valence-electron chi connectivity index (χ2n) is 4.39. The van der Waals surface area contributed by atoms with E-state index in [-0.39, 0.29) is 10.3 Å². The SMILES string of the molecule is FC(F)(F)C(F)(F)C(F)(F)C(F)(F)C(F)(F)C(F)(F)c1cn(S)nn1. The highest BCUT2D eigenvalue weighted by Gasteiger charge is 2.91. The zero-order chi connectivity index (χ0) is 20.3. The van der Waals surface area contributed by atoms with Crippen LogP contribution in [0.25, 0.3) is 0 Å². The Morgan fingerprint density at radius 3 is 1.40 bits per heavy atom. The average molecular weight is 419 g/mol. The van der Waals surface area contributed by atoms with Gasteiger partial charge in [0.1, 0.15) is 0 Å². The van der Waals surface area contributed by atoms with Crippen LogP contribution in [0.3, 0.4) is 0 Å². The first-order valence-electron chi connectivity index (χ1n) is 5.33. The van der Waals surface area contributed by atoms with Gasteiger partial charge in [0.15, 0.2) is 5.69 Å². The molecule has 0 saturated heterocycles. The molecule has 1 heterocycles. The molecule has 0 aliphatic carbocycles. The molecule has 0 atom stereocenters. The first-order chi connectivity index (χ1) is 10.7. The summed E-state index contributed by atoms with van der Waals surface area (Å²) < 4.78 is 166. The van der Waals surface area contributed by atoms with Crippen molar-refractivity contribution in [2.75, 3.05) is 0 Å². The average Bonchev–Trinajstić information content (AvgIpc) is 2.83. The molecular weight excluding hydrogens is 417 g/mol. The van der Waals surface area contributed by atoms with E-state index in [0.29, 0.717) is 0 Å². The number of aromatic nitrogens is 3. The quantitative estimate of drug-likeness (QED) is 0.574. The molecule has 0 bridgehead atoms. The fourth-order valence-corrected chi connectivity index (χ4v) is 1.48. The van der Waals surface area contributed by atoms with Crippen LogP contribution in [0.1, 0.15) is 5.69 Å². The number of alkyl halides is 13.